The molecule has 0 fully saturated rings. The van der Waals surface area contributed by atoms with Gasteiger partial charge in [0, 0.05) is 16.2 Å². The van der Waals surface area contributed by atoms with Gasteiger partial charge in [0.15, 0.2) is 0 Å². The summed E-state index contributed by atoms with van der Waals surface area (Å²) in [6, 6.07) is 47.8. The Hall–Kier alpha value is -5.67. The molecule has 0 atom stereocenters. The van der Waals surface area contributed by atoms with Crippen molar-refractivity contribution in [2.75, 3.05) is 0 Å². The van der Waals surface area contributed by atoms with Crippen LogP contribution in [0.2, 0.25) is 0 Å². The molecule has 0 aliphatic rings. The predicted octanol–water partition coefficient (Wildman–Crippen LogP) is 12.8. The number of benzene rings is 7. The lowest BCUT2D eigenvalue weighted by Gasteiger charge is -2.24. The Morgan fingerprint density at radius 3 is 1.81 bits per heavy atom. The average Bonchev–Trinajstić information content (AvgIpc) is 3.71. The number of hydrogen-bond acceptors (Lipinski definition) is 2. The van der Waals surface area contributed by atoms with Gasteiger partial charge in [-0.2, -0.15) is 0 Å². The molecular formula is C45H36N2O. The van der Waals surface area contributed by atoms with Crippen LogP contribution in [0.3, 0.4) is 0 Å². The second kappa shape index (κ2) is 11.0. The molecule has 2 heterocycles. The van der Waals surface area contributed by atoms with Gasteiger partial charge in [-0.25, -0.2) is 4.98 Å². The molecule has 0 spiro atoms. The van der Waals surface area contributed by atoms with Crippen molar-refractivity contribution in [2.45, 2.75) is 39.5 Å². The summed E-state index contributed by atoms with van der Waals surface area (Å²) in [6.45, 7) is 9.19. The molecule has 3 nitrogen and oxygen atoms in total. The van der Waals surface area contributed by atoms with Gasteiger partial charge in [-0.05, 0) is 80.6 Å². The zero-order valence-electron chi connectivity index (χ0n) is 27.7. The van der Waals surface area contributed by atoms with Gasteiger partial charge < -0.3 is 4.42 Å². The quantitative estimate of drug-likeness (QED) is 0.179. The highest BCUT2D eigenvalue weighted by Gasteiger charge is 2.26. The molecule has 7 aromatic carbocycles. The lowest BCUT2D eigenvalue weighted by molar-refractivity contribution is 0.673. The van der Waals surface area contributed by atoms with Crippen LogP contribution in [0, 0.1) is 0 Å². The van der Waals surface area contributed by atoms with E-state index in [1.165, 1.54) is 44.1 Å². The Labute approximate surface area is 280 Å². The summed E-state index contributed by atoms with van der Waals surface area (Å²) in [4.78, 5) is 5.39. The third-order valence-electron chi connectivity index (χ3n) is 9.92. The van der Waals surface area contributed by atoms with Crippen molar-refractivity contribution in [3.05, 3.63) is 145 Å². The summed E-state index contributed by atoms with van der Waals surface area (Å²) >= 11 is 0. The number of imidazole rings is 1. The normalized spacial score (nSPS) is 12.1. The second-order valence-corrected chi connectivity index (χ2v) is 13.5. The Morgan fingerprint density at radius 2 is 1.10 bits per heavy atom. The third-order valence-corrected chi connectivity index (χ3v) is 9.92. The number of aromatic nitrogens is 2. The van der Waals surface area contributed by atoms with Gasteiger partial charge in [0.05, 0.1) is 22.3 Å². The minimum atomic E-state index is 0.287. The maximum Gasteiger partial charge on any atom is 0.149 e. The molecule has 48 heavy (non-hydrogen) atoms. The van der Waals surface area contributed by atoms with Crippen LogP contribution in [-0.4, -0.2) is 9.55 Å². The molecule has 0 amide bonds. The molecule has 0 unspecified atom stereocenters. The van der Waals surface area contributed by atoms with Crippen LogP contribution in [0.15, 0.2) is 138 Å². The molecule has 0 N–H and O–H groups in total. The van der Waals surface area contributed by atoms with Gasteiger partial charge in [-0.15, -0.1) is 0 Å². The molecule has 0 bridgehead atoms. The van der Waals surface area contributed by atoms with E-state index in [4.69, 9.17) is 9.40 Å². The highest BCUT2D eigenvalue weighted by molar-refractivity contribution is 6.30. The zero-order chi connectivity index (χ0) is 32.5. The largest absolute Gasteiger partial charge is 0.455 e. The van der Waals surface area contributed by atoms with E-state index in [2.05, 4.69) is 166 Å². The van der Waals surface area contributed by atoms with E-state index in [1.807, 2.05) is 0 Å². The highest BCUT2D eigenvalue weighted by atomic mass is 16.3. The summed E-state index contributed by atoms with van der Waals surface area (Å²) < 4.78 is 9.43. The Balaban J connectivity index is 1.41. The average molecular weight is 621 g/mol. The maximum absolute atomic E-state index is 7.03. The highest BCUT2D eigenvalue weighted by Crippen LogP contribution is 2.45. The first-order chi connectivity index (χ1) is 23.5. The number of furan rings is 1. The number of fused-ring (bicyclic) bond motifs is 9. The summed E-state index contributed by atoms with van der Waals surface area (Å²) in [7, 11) is 0. The molecule has 0 radical (unpaired) electrons. The summed E-state index contributed by atoms with van der Waals surface area (Å²) in [5, 5.41) is 7.04. The van der Waals surface area contributed by atoms with Crippen LogP contribution in [0.25, 0.3) is 82.7 Å². The minimum absolute atomic E-state index is 0.287. The molecule has 3 heteroatoms. The van der Waals surface area contributed by atoms with Gasteiger partial charge in [0.2, 0.25) is 0 Å². The van der Waals surface area contributed by atoms with Crippen LogP contribution in [0.1, 0.15) is 50.7 Å². The van der Waals surface area contributed by atoms with E-state index in [-0.39, 0.29) is 11.8 Å². The topological polar surface area (TPSA) is 31.0 Å². The second-order valence-electron chi connectivity index (χ2n) is 13.5. The fraction of sp³-hybridized carbons (Fsp3) is 0.133. The van der Waals surface area contributed by atoms with Crippen molar-refractivity contribution in [1.82, 2.24) is 9.55 Å². The van der Waals surface area contributed by atoms with Gasteiger partial charge in [-0.1, -0.05) is 131 Å². The molecular weight excluding hydrogens is 585 g/mol. The lowest BCUT2D eigenvalue weighted by atomic mass is 9.88. The lowest BCUT2D eigenvalue weighted by Crippen LogP contribution is -2.09. The Kier molecular flexibility index (Phi) is 6.52. The van der Waals surface area contributed by atoms with Crippen LogP contribution in [-0.2, 0) is 0 Å². The predicted molar refractivity (Wildman–Crippen MR) is 202 cm³/mol. The summed E-state index contributed by atoms with van der Waals surface area (Å²) in [6.07, 6.45) is 0. The van der Waals surface area contributed by atoms with E-state index in [1.54, 1.807) is 0 Å². The fourth-order valence-electron chi connectivity index (χ4n) is 7.65. The maximum atomic E-state index is 7.03. The fourth-order valence-corrected chi connectivity index (χ4v) is 7.65. The molecule has 9 aromatic rings. The zero-order valence-corrected chi connectivity index (χ0v) is 27.7. The Bertz CT molecular complexity index is 2640. The van der Waals surface area contributed by atoms with Crippen LogP contribution >= 0.6 is 0 Å². The van der Waals surface area contributed by atoms with Crippen molar-refractivity contribution in [3.63, 3.8) is 0 Å². The van der Waals surface area contributed by atoms with Crippen molar-refractivity contribution in [2.24, 2.45) is 0 Å². The van der Waals surface area contributed by atoms with E-state index in [9.17, 15) is 0 Å². The first kappa shape index (κ1) is 28.5. The van der Waals surface area contributed by atoms with Gasteiger partial charge in [-0.3, -0.25) is 4.57 Å². The first-order valence-corrected chi connectivity index (χ1v) is 17.0. The van der Waals surface area contributed by atoms with Crippen LogP contribution < -0.4 is 0 Å². The van der Waals surface area contributed by atoms with Gasteiger partial charge in [0.1, 0.15) is 17.0 Å². The first-order valence-electron chi connectivity index (χ1n) is 17.0. The molecule has 0 aliphatic heterocycles. The molecule has 0 aliphatic carbocycles. The standard InChI is InChI=1S/C45H36N2O/c1-27(2)37-25-30(29-15-6-5-7-16-29)26-38(28(3)4)42(37)47-40-24-13-12-23-39(40)46-45(47)36-22-14-21-35-41-33-19-10-8-17-31(33)32-18-9-11-20-34(32)44(41)48-43(35)36/h5-28H,1-4H3. The summed E-state index contributed by atoms with van der Waals surface area (Å²) in [5.41, 5.74) is 11.1. The van der Waals surface area contributed by atoms with E-state index >= 15 is 0 Å². The number of rotatable bonds is 5. The van der Waals surface area contributed by atoms with E-state index < -0.39 is 0 Å². The molecule has 232 valence electrons. The van der Waals surface area contributed by atoms with Crippen LogP contribution in [0.5, 0.6) is 0 Å². The smallest absolute Gasteiger partial charge is 0.149 e. The summed E-state index contributed by atoms with van der Waals surface area (Å²) in [5.74, 6) is 1.47. The van der Waals surface area contributed by atoms with Gasteiger partial charge in [0.25, 0.3) is 0 Å². The molecule has 0 saturated heterocycles. The SMILES string of the molecule is CC(C)c1cc(-c2ccccc2)cc(C(C)C)c1-n1c(-c2cccc3c2oc2c4ccccc4c4ccccc4c32)nc2ccccc21. The molecule has 9 rings (SSSR count). The number of nitrogens with zero attached hydrogens (tertiary/aromatic N) is 2. The van der Waals surface area contributed by atoms with Gasteiger partial charge >= 0.3 is 0 Å². The van der Waals surface area contributed by atoms with Crippen molar-refractivity contribution in [3.8, 4) is 28.2 Å². The van der Waals surface area contributed by atoms with Crippen molar-refractivity contribution in [1.29, 1.82) is 0 Å². The van der Waals surface area contributed by atoms with Crippen molar-refractivity contribution < 1.29 is 4.42 Å². The van der Waals surface area contributed by atoms with E-state index in [0.29, 0.717) is 0 Å². The third kappa shape index (κ3) is 4.24. The molecule has 0 saturated carbocycles. The number of hydrogen-bond donors (Lipinski definition) is 0. The number of para-hydroxylation sites is 3. The van der Waals surface area contributed by atoms with Crippen molar-refractivity contribution >= 4 is 54.5 Å². The Morgan fingerprint density at radius 1 is 0.521 bits per heavy atom. The minimum Gasteiger partial charge on any atom is -0.455 e. The van der Waals surface area contributed by atoms with E-state index in [0.717, 1.165) is 49.7 Å². The molecule has 2 aromatic heterocycles. The van der Waals surface area contributed by atoms with Crippen LogP contribution in [0.4, 0.5) is 0 Å². The monoisotopic (exact) mass is 620 g/mol.